The van der Waals surface area contributed by atoms with E-state index in [1.807, 2.05) is 27.7 Å². The molecule has 1 heterocycles. The van der Waals surface area contributed by atoms with Crippen molar-refractivity contribution >= 4 is 39.7 Å². The van der Waals surface area contributed by atoms with Crippen LogP contribution in [-0.4, -0.2) is 116 Å². The number of rotatable bonds is 17. The lowest BCUT2D eigenvalue weighted by Gasteiger charge is -2.39. The zero-order valence-electron chi connectivity index (χ0n) is 32.2. The van der Waals surface area contributed by atoms with E-state index in [0.717, 1.165) is 42.8 Å². The van der Waals surface area contributed by atoms with Crippen molar-refractivity contribution in [3.8, 4) is 0 Å². The summed E-state index contributed by atoms with van der Waals surface area (Å²) >= 11 is 0. The van der Waals surface area contributed by atoms with Gasteiger partial charge >= 0.3 is 6.03 Å². The highest BCUT2D eigenvalue weighted by Crippen LogP contribution is 2.65. The molecule has 0 aromatic heterocycles. The van der Waals surface area contributed by atoms with Crippen molar-refractivity contribution < 1.29 is 32.4 Å². The zero-order valence-corrected chi connectivity index (χ0v) is 33.0. The molecule has 0 spiro atoms. The van der Waals surface area contributed by atoms with Crippen molar-refractivity contribution in [3.63, 3.8) is 0 Å². The largest absolute Gasteiger partial charge is 0.346 e. The SMILES string of the molecule is C=CCNC(=O)C(=O)C(CCCC)NC(=O)[C@@H]1[C@@H]2[C@H](CN1C(=O)[C@@H](NC(=O)N[C@H](CN(C)S(=O)(=O)N(C)C)C1CCCCC1)C(C)(C)C)C2(C)C. The van der Waals surface area contributed by atoms with Gasteiger partial charge in [-0.3, -0.25) is 19.2 Å². The van der Waals surface area contributed by atoms with Crippen molar-refractivity contribution in [1.82, 2.24) is 34.8 Å². The molecule has 6 atom stereocenters. The highest BCUT2D eigenvalue weighted by molar-refractivity contribution is 7.86. The highest BCUT2D eigenvalue weighted by Gasteiger charge is 2.70. The van der Waals surface area contributed by atoms with Crippen molar-refractivity contribution in [2.45, 2.75) is 117 Å². The predicted octanol–water partition coefficient (Wildman–Crippen LogP) is 2.42. The molecule has 2 saturated carbocycles. The Bertz CT molecular complexity index is 1400. The molecule has 3 fully saturated rings. The Morgan fingerprint density at radius 1 is 1.00 bits per heavy atom. The van der Waals surface area contributed by atoms with Crippen LogP contribution < -0.4 is 21.3 Å². The molecular weight excluding hydrogens is 675 g/mol. The van der Waals surface area contributed by atoms with E-state index in [2.05, 4.69) is 41.7 Å². The molecule has 3 aliphatic rings. The third kappa shape index (κ3) is 10.1. The predicted molar refractivity (Wildman–Crippen MR) is 196 cm³/mol. The normalized spacial score (nSPS) is 23.5. The monoisotopic (exact) mass is 737 g/mol. The smallest absolute Gasteiger partial charge is 0.315 e. The first-order chi connectivity index (χ1) is 23.7. The van der Waals surface area contributed by atoms with Crippen LogP contribution in [0.15, 0.2) is 12.7 Å². The van der Waals surface area contributed by atoms with Crippen molar-refractivity contribution in [2.75, 3.05) is 40.8 Å². The van der Waals surface area contributed by atoms with Crippen LogP contribution in [0.3, 0.4) is 0 Å². The first kappa shape index (κ1) is 42.4. The van der Waals surface area contributed by atoms with E-state index in [0.29, 0.717) is 13.0 Å². The van der Waals surface area contributed by atoms with E-state index >= 15 is 0 Å². The van der Waals surface area contributed by atoms with Gasteiger partial charge in [0.15, 0.2) is 0 Å². The molecule has 3 rings (SSSR count). The quantitative estimate of drug-likeness (QED) is 0.131. The van der Waals surface area contributed by atoms with Gasteiger partial charge in [0, 0.05) is 46.8 Å². The topological polar surface area (TPSA) is 177 Å². The summed E-state index contributed by atoms with van der Waals surface area (Å²) in [5, 5.41) is 11.2. The average Bonchev–Trinajstić information content (AvgIpc) is 3.37. The number of likely N-dealkylation sites (N-methyl/N-ethyl adjacent to an activating group) is 1. The molecule has 0 aromatic carbocycles. The Balaban J connectivity index is 1.84. The van der Waals surface area contributed by atoms with Gasteiger partial charge in [0.2, 0.25) is 17.6 Å². The van der Waals surface area contributed by atoms with Gasteiger partial charge in [0.25, 0.3) is 16.1 Å². The van der Waals surface area contributed by atoms with E-state index in [1.54, 1.807) is 0 Å². The second-order valence-electron chi connectivity index (χ2n) is 16.4. The maximum Gasteiger partial charge on any atom is 0.315 e. The Labute approximate surface area is 305 Å². The van der Waals surface area contributed by atoms with Gasteiger partial charge < -0.3 is 26.2 Å². The fraction of sp³-hybridized carbons (Fsp3) is 0.806. The first-order valence-electron chi connectivity index (χ1n) is 18.4. The third-order valence-electron chi connectivity index (χ3n) is 11.1. The lowest BCUT2D eigenvalue weighted by Crippen LogP contribution is -2.62. The molecule has 2 aliphatic carbocycles. The molecule has 1 aliphatic heterocycles. The van der Waals surface area contributed by atoms with Crippen LogP contribution in [0.5, 0.6) is 0 Å². The number of nitrogens with zero attached hydrogens (tertiary/aromatic N) is 3. The summed E-state index contributed by atoms with van der Waals surface area (Å²) in [4.78, 5) is 69.5. The zero-order chi connectivity index (χ0) is 38.5. The summed E-state index contributed by atoms with van der Waals surface area (Å²) in [6.07, 6.45) is 7.86. The van der Waals surface area contributed by atoms with Crippen LogP contribution >= 0.6 is 0 Å². The minimum Gasteiger partial charge on any atom is -0.346 e. The van der Waals surface area contributed by atoms with E-state index in [9.17, 15) is 32.4 Å². The Morgan fingerprint density at radius 3 is 2.18 bits per heavy atom. The molecule has 0 bridgehead atoms. The summed E-state index contributed by atoms with van der Waals surface area (Å²) in [7, 11) is 0.691. The number of amides is 5. The molecule has 1 saturated heterocycles. The second-order valence-corrected chi connectivity index (χ2v) is 18.7. The molecular formula is C36H63N7O7S. The molecule has 51 heavy (non-hydrogen) atoms. The molecule has 1 unspecified atom stereocenters. The molecule has 14 nitrogen and oxygen atoms in total. The summed E-state index contributed by atoms with van der Waals surface area (Å²) in [5.74, 6) is -2.50. The molecule has 5 amide bonds. The maximum absolute atomic E-state index is 14.5. The number of hydrogen-bond acceptors (Lipinski definition) is 7. The van der Waals surface area contributed by atoms with Crippen LogP contribution in [0, 0.1) is 28.6 Å². The summed E-state index contributed by atoms with van der Waals surface area (Å²) in [6.45, 7) is 15.6. The number of carbonyl (C=O) groups is 5. The Kier molecular flexibility index (Phi) is 14.3. The van der Waals surface area contributed by atoms with Crippen LogP contribution in [-0.2, 0) is 29.4 Å². The van der Waals surface area contributed by atoms with Gasteiger partial charge in [-0.1, -0.05) is 79.7 Å². The lowest BCUT2D eigenvalue weighted by atomic mass is 9.83. The van der Waals surface area contributed by atoms with Gasteiger partial charge in [-0.05, 0) is 47.8 Å². The fourth-order valence-corrected chi connectivity index (χ4v) is 8.72. The van der Waals surface area contributed by atoms with Crippen LogP contribution in [0.4, 0.5) is 4.79 Å². The first-order valence-corrected chi connectivity index (χ1v) is 19.8. The fourth-order valence-electron chi connectivity index (χ4n) is 7.81. The van der Waals surface area contributed by atoms with Crippen LogP contribution in [0.2, 0.25) is 0 Å². The number of hydrogen-bond donors (Lipinski definition) is 4. The van der Waals surface area contributed by atoms with Gasteiger partial charge in [0.1, 0.15) is 12.1 Å². The Morgan fingerprint density at radius 2 is 1.63 bits per heavy atom. The molecule has 290 valence electrons. The number of carbonyl (C=O) groups excluding carboxylic acids is 5. The molecule has 4 N–H and O–H groups in total. The number of fused-ring (bicyclic) bond motifs is 1. The minimum absolute atomic E-state index is 0.0530. The number of unbranched alkanes of at least 4 members (excludes halogenated alkanes) is 1. The van der Waals surface area contributed by atoms with Gasteiger partial charge in [-0.25, -0.2) is 4.79 Å². The number of piperidine rings is 1. The lowest BCUT2D eigenvalue weighted by molar-refractivity contribution is -0.145. The van der Waals surface area contributed by atoms with Crippen molar-refractivity contribution in [1.29, 1.82) is 0 Å². The minimum atomic E-state index is -3.72. The summed E-state index contributed by atoms with van der Waals surface area (Å²) < 4.78 is 28.1. The van der Waals surface area contributed by atoms with Crippen molar-refractivity contribution in [2.24, 2.45) is 28.6 Å². The van der Waals surface area contributed by atoms with E-state index in [-0.39, 0.29) is 42.7 Å². The number of likely N-dealkylation sites (tertiary alicyclic amines) is 1. The number of ketones is 1. The summed E-state index contributed by atoms with van der Waals surface area (Å²) in [6, 6.07) is -4.03. The van der Waals surface area contributed by atoms with Crippen molar-refractivity contribution in [3.05, 3.63) is 12.7 Å². The average molecular weight is 738 g/mol. The maximum atomic E-state index is 14.5. The number of nitrogens with one attached hydrogen (secondary N) is 4. The highest BCUT2D eigenvalue weighted by atomic mass is 32.2. The second kappa shape index (κ2) is 17.2. The van der Waals surface area contributed by atoms with Gasteiger partial charge in [-0.15, -0.1) is 6.58 Å². The third-order valence-corrected chi connectivity index (χ3v) is 13.0. The molecule has 0 aromatic rings. The molecule has 15 heteroatoms. The Hall–Kier alpha value is -3.04. The number of Topliss-reactive ketones (excluding diaryl/α,β-unsaturated/α-hetero) is 1. The van der Waals surface area contributed by atoms with E-state index in [1.165, 1.54) is 36.4 Å². The van der Waals surface area contributed by atoms with Crippen LogP contribution in [0.1, 0.15) is 92.9 Å². The molecule has 0 radical (unpaired) electrons. The van der Waals surface area contributed by atoms with E-state index < -0.39 is 69.3 Å². The van der Waals surface area contributed by atoms with E-state index in [4.69, 9.17) is 0 Å². The standard InChI is InChI=1S/C36H63N7O7S/c1-11-13-19-25(29(44)32(46)37-20-12-2)38-31(45)28-27-24(36(27,6)7)21-43(28)33(47)30(35(3,4)5)40-34(48)39-26(23-17-15-14-16-18-23)22-42(10)51(49,50)41(8)9/h12,23-28,30H,2,11,13-22H2,1,3-10H3,(H,37,46)(H,38,45)(H2,39,40,48)/t24-,25?,26+,27-,28-,30+/m0/s1. The van der Waals surface area contributed by atoms with Crippen LogP contribution in [0.25, 0.3) is 0 Å². The van der Waals surface area contributed by atoms with Gasteiger partial charge in [-0.2, -0.15) is 17.0 Å². The number of urea groups is 1. The van der Waals surface area contributed by atoms with Gasteiger partial charge in [0.05, 0.1) is 6.04 Å². The summed E-state index contributed by atoms with van der Waals surface area (Å²) in [5.41, 5.74) is -0.969.